The van der Waals surface area contributed by atoms with Crippen molar-refractivity contribution in [2.24, 2.45) is 5.92 Å². The Hall–Kier alpha value is -3.35. The molecule has 0 unspecified atom stereocenters. The molecule has 0 aliphatic carbocycles. The van der Waals surface area contributed by atoms with Gasteiger partial charge in [-0.05, 0) is 30.2 Å². The van der Waals surface area contributed by atoms with Crippen molar-refractivity contribution < 1.29 is 19.1 Å². The van der Waals surface area contributed by atoms with Crippen LogP contribution in [0.2, 0.25) is 0 Å². The van der Waals surface area contributed by atoms with Gasteiger partial charge in [0.25, 0.3) is 11.8 Å². The summed E-state index contributed by atoms with van der Waals surface area (Å²) in [6.45, 7) is 5.92. The second-order valence-electron chi connectivity index (χ2n) is 7.87. The molecule has 1 fully saturated rings. The van der Waals surface area contributed by atoms with Gasteiger partial charge in [-0.3, -0.25) is 9.59 Å². The van der Waals surface area contributed by atoms with Crippen LogP contribution in [0, 0.1) is 5.92 Å². The third-order valence-electron chi connectivity index (χ3n) is 5.33. The van der Waals surface area contributed by atoms with E-state index in [2.05, 4.69) is 22.3 Å². The van der Waals surface area contributed by atoms with Crippen LogP contribution in [-0.2, 0) is 14.3 Å². The second kappa shape index (κ2) is 10.6. The van der Waals surface area contributed by atoms with E-state index < -0.39 is 12.0 Å². The highest BCUT2D eigenvalue weighted by molar-refractivity contribution is 5.97. The summed E-state index contributed by atoms with van der Waals surface area (Å²) in [6, 6.07) is 17.9. The number of carbonyl (C=O) groups excluding carboxylic acids is 3. The predicted octanol–water partition coefficient (Wildman–Crippen LogP) is 2.33. The lowest BCUT2D eigenvalue weighted by atomic mass is 10.0. The van der Waals surface area contributed by atoms with E-state index in [4.69, 9.17) is 4.74 Å². The molecular formula is C24H29N3O4. The molecule has 0 aromatic heterocycles. The number of nitrogens with zero attached hydrogens (tertiary/aromatic N) is 2. The number of piperazine rings is 1. The maximum Gasteiger partial charge on any atom is 0.329 e. The van der Waals surface area contributed by atoms with Gasteiger partial charge in [-0.1, -0.05) is 50.2 Å². The molecule has 31 heavy (non-hydrogen) atoms. The van der Waals surface area contributed by atoms with E-state index in [-0.39, 0.29) is 24.3 Å². The maximum absolute atomic E-state index is 12.6. The number of ether oxygens (including phenoxy) is 1. The Kier molecular flexibility index (Phi) is 7.65. The number of amides is 2. The number of nitrogens with one attached hydrogen (secondary N) is 1. The van der Waals surface area contributed by atoms with Crippen LogP contribution in [-0.4, -0.2) is 61.5 Å². The number of hydrogen-bond donors (Lipinski definition) is 1. The quantitative estimate of drug-likeness (QED) is 0.692. The molecule has 2 amide bonds. The molecule has 7 heteroatoms. The van der Waals surface area contributed by atoms with Gasteiger partial charge in [0, 0.05) is 37.4 Å². The molecule has 164 valence electrons. The molecule has 2 aromatic rings. The number of para-hydroxylation sites is 1. The van der Waals surface area contributed by atoms with E-state index in [0.717, 1.165) is 18.8 Å². The SMILES string of the molecule is CC(C)[C@@H](NC(=O)c1ccccc1)C(=O)OCC(=O)N1CCN(c2ccccc2)CC1. The molecule has 1 heterocycles. The fraction of sp³-hybridized carbons (Fsp3) is 0.375. The standard InChI is InChI=1S/C24H29N3O4/c1-18(2)22(25-23(29)19-9-5-3-6-10-19)24(30)31-17-21(28)27-15-13-26(14-16-27)20-11-7-4-8-12-20/h3-12,18,22H,13-17H2,1-2H3,(H,25,29)/t22-/m1/s1. The van der Waals surface area contributed by atoms with Crippen molar-refractivity contribution >= 4 is 23.5 Å². The summed E-state index contributed by atoms with van der Waals surface area (Å²) >= 11 is 0. The number of carbonyl (C=O) groups is 3. The Balaban J connectivity index is 1.48. The third-order valence-corrected chi connectivity index (χ3v) is 5.33. The van der Waals surface area contributed by atoms with Gasteiger partial charge in [0.15, 0.2) is 6.61 Å². The van der Waals surface area contributed by atoms with Gasteiger partial charge in [0.1, 0.15) is 6.04 Å². The minimum Gasteiger partial charge on any atom is -0.454 e. The zero-order valence-electron chi connectivity index (χ0n) is 18.0. The van der Waals surface area contributed by atoms with E-state index >= 15 is 0 Å². The molecule has 0 radical (unpaired) electrons. The van der Waals surface area contributed by atoms with Crippen molar-refractivity contribution in [3.8, 4) is 0 Å². The highest BCUT2D eigenvalue weighted by Gasteiger charge is 2.28. The Bertz CT molecular complexity index is 878. The Morgan fingerprint density at radius 1 is 0.903 bits per heavy atom. The smallest absolute Gasteiger partial charge is 0.329 e. The first-order valence-corrected chi connectivity index (χ1v) is 10.6. The molecule has 1 aliphatic heterocycles. The van der Waals surface area contributed by atoms with Gasteiger partial charge >= 0.3 is 5.97 Å². The molecular weight excluding hydrogens is 394 g/mol. The van der Waals surface area contributed by atoms with Gasteiger partial charge in [-0.25, -0.2) is 4.79 Å². The molecule has 1 aliphatic rings. The van der Waals surface area contributed by atoms with Crippen LogP contribution in [0.3, 0.4) is 0 Å². The van der Waals surface area contributed by atoms with Crippen molar-refractivity contribution in [1.29, 1.82) is 0 Å². The van der Waals surface area contributed by atoms with Crippen LogP contribution in [0.4, 0.5) is 5.69 Å². The first-order valence-electron chi connectivity index (χ1n) is 10.6. The molecule has 0 spiro atoms. The van der Waals surface area contributed by atoms with Gasteiger partial charge in [0.2, 0.25) is 0 Å². The number of hydrogen-bond acceptors (Lipinski definition) is 5. The summed E-state index contributed by atoms with van der Waals surface area (Å²) < 4.78 is 5.27. The third kappa shape index (κ3) is 6.07. The average molecular weight is 424 g/mol. The van der Waals surface area contributed by atoms with E-state index in [9.17, 15) is 14.4 Å². The molecule has 1 atom stereocenters. The van der Waals surface area contributed by atoms with Crippen LogP contribution in [0.1, 0.15) is 24.2 Å². The van der Waals surface area contributed by atoms with Crippen molar-refractivity contribution in [2.75, 3.05) is 37.7 Å². The summed E-state index contributed by atoms with van der Waals surface area (Å²) in [6.07, 6.45) is 0. The van der Waals surface area contributed by atoms with Crippen molar-refractivity contribution in [1.82, 2.24) is 10.2 Å². The van der Waals surface area contributed by atoms with Crippen molar-refractivity contribution in [3.05, 3.63) is 66.2 Å². The zero-order chi connectivity index (χ0) is 22.2. The van der Waals surface area contributed by atoms with Crippen LogP contribution < -0.4 is 10.2 Å². The van der Waals surface area contributed by atoms with Crippen LogP contribution in [0.25, 0.3) is 0 Å². The lowest BCUT2D eigenvalue weighted by Gasteiger charge is -2.36. The van der Waals surface area contributed by atoms with E-state index in [0.29, 0.717) is 18.7 Å². The first kappa shape index (κ1) is 22.3. The largest absolute Gasteiger partial charge is 0.454 e. The lowest BCUT2D eigenvalue weighted by Crippen LogP contribution is -2.50. The summed E-state index contributed by atoms with van der Waals surface area (Å²) in [7, 11) is 0. The van der Waals surface area contributed by atoms with Crippen LogP contribution in [0.15, 0.2) is 60.7 Å². The number of rotatable bonds is 7. The van der Waals surface area contributed by atoms with Gasteiger partial charge in [0.05, 0.1) is 0 Å². The Labute approximate surface area is 183 Å². The fourth-order valence-electron chi connectivity index (χ4n) is 3.48. The lowest BCUT2D eigenvalue weighted by molar-refractivity contribution is -0.154. The first-order chi connectivity index (χ1) is 15.0. The highest BCUT2D eigenvalue weighted by atomic mass is 16.5. The molecule has 0 bridgehead atoms. The van der Waals surface area contributed by atoms with Gasteiger partial charge in [-0.15, -0.1) is 0 Å². The topological polar surface area (TPSA) is 78.9 Å². The van der Waals surface area contributed by atoms with E-state index in [1.165, 1.54) is 0 Å². The minimum atomic E-state index is -0.824. The highest BCUT2D eigenvalue weighted by Crippen LogP contribution is 2.15. The number of esters is 1. The number of benzene rings is 2. The molecule has 7 nitrogen and oxygen atoms in total. The van der Waals surface area contributed by atoms with E-state index in [1.807, 2.05) is 38.1 Å². The van der Waals surface area contributed by atoms with Crippen molar-refractivity contribution in [2.45, 2.75) is 19.9 Å². The second-order valence-corrected chi connectivity index (χ2v) is 7.87. The molecule has 0 saturated carbocycles. The monoisotopic (exact) mass is 423 g/mol. The average Bonchev–Trinajstić information content (AvgIpc) is 2.81. The predicted molar refractivity (Wildman–Crippen MR) is 119 cm³/mol. The summed E-state index contributed by atoms with van der Waals surface area (Å²) in [5, 5.41) is 2.71. The van der Waals surface area contributed by atoms with Crippen LogP contribution in [0.5, 0.6) is 0 Å². The summed E-state index contributed by atoms with van der Waals surface area (Å²) in [5.41, 5.74) is 1.60. The van der Waals surface area contributed by atoms with Gasteiger partial charge < -0.3 is 19.9 Å². The summed E-state index contributed by atoms with van der Waals surface area (Å²) in [4.78, 5) is 41.4. The molecule has 1 saturated heterocycles. The molecule has 1 N–H and O–H groups in total. The minimum absolute atomic E-state index is 0.176. The Morgan fingerprint density at radius 3 is 2.06 bits per heavy atom. The number of anilines is 1. The molecule has 2 aromatic carbocycles. The molecule has 3 rings (SSSR count). The van der Waals surface area contributed by atoms with Crippen molar-refractivity contribution in [3.63, 3.8) is 0 Å². The fourth-order valence-corrected chi connectivity index (χ4v) is 3.48. The van der Waals surface area contributed by atoms with Gasteiger partial charge in [-0.2, -0.15) is 0 Å². The van der Waals surface area contributed by atoms with Crippen LogP contribution >= 0.6 is 0 Å². The summed E-state index contributed by atoms with van der Waals surface area (Å²) in [5.74, 6) is -1.35. The van der Waals surface area contributed by atoms with E-state index in [1.54, 1.807) is 29.2 Å². The normalized spacial score (nSPS) is 14.8. The zero-order valence-corrected chi connectivity index (χ0v) is 18.0. The Morgan fingerprint density at radius 2 is 1.48 bits per heavy atom. The maximum atomic E-state index is 12.6.